The van der Waals surface area contributed by atoms with Crippen LogP contribution in [0.25, 0.3) is 10.9 Å². The molecule has 2 heterocycles. The van der Waals surface area contributed by atoms with Crippen LogP contribution in [0.4, 0.5) is 0 Å². The summed E-state index contributed by atoms with van der Waals surface area (Å²) in [6, 6.07) is 17.9. The molecule has 0 bridgehead atoms. The normalized spacial score (nSPS) is 11.0. The number of rotatable bonds is 7. The van der Waals surface area contributed by atoms with Gasteiger partial charge in [-0.05, 0) is 72.2 Å². The molecule has 0 aliphatic rings. The quantitative estimate of drug-likeness (QED) is 0.408. The fourth-order valence-corrected chi connectivity index (χ4v) is 4.24. The molecule has 3 nitrogen and oxygen atoms in total. The van der Waals surface area contributed by atoms with Crippen molar-refractivity contribution in [3.05, 3.63) is 92.8 Å². The highest BCUT2D eigenvalue weighted by Crippen LogP contribution is 2.22. The maximum atomic E-state index is 12.5. The highest BCUT2D eigenvalue weighted by Gasteiger charge is 2.08. The zero-order valence-electron chi connectivity index (χ0n) is 15.4. The minimum atomic E-state index is -0.0316. The van der Waals surface area contributed by atoms with Crippen molar-refractivity contribution in [3.63, 3.8) is 0 Å². The number of aryl methyl sites for hydroxylation is 2. The number of amides is 1. The van der Waals surface area contributed by atoms with E-state index < -0.39 is 0 Å². The predicted molar refractivity (Wildman–Crippen MR) is 118 cm³/mol. The molecule has 0 saturated heterocycles. The van der Waals surface area contributed by atoms with Gasteiger partial charge < -0.3 is 10.3 Å². The van der Waals surface area contributed by atoms with Gasteiger partial charge in [0.1, 0.15) is 0 Å². The highest BCUT2D eigenvalue weighted by molar-refractivity contribution is 7.09. The number of carbonyl (C=O) groups is 1. The molecule has 1 amide bonds. The molecule has 0 saturated carbocycles. The van der Waals surface area contributed by atoms with E-state index in [1.165, 1.54) is 10.4 Å². The van der Waals surface area contributed by atoms with Gasteiger partial charge >= 0.3 is 0 Å². The van der Waals surface area contributed by atoms with Crippen LogP contribution in [0.5, 0.6) is 0 Å². The minimum absolute atomic E-state index is 0.0316. The summed E-state index contributed by atoms with van der Waals surface area (Å²) >= 11 is 7.88. The zero-order valence-corrected chi connectivity index (χ0v) is 16.9. The van der Waals surface area contributed by atoms with Crippen molar-refractivity contribution in [1.82, 2.24) is 10.3 Å². The van der Waals surface area contributed by atoms with E-state index in [0.717, 1.165) is 40.8 Å². The summed E-state index contributed by atoms with van der Waals surface area (Å²) in [5, 5.41) is 6.96. The lowest BCUT2D eigenvalue weighted by Crippen LogP contribution is -2.25. The first kappa shape index (κ1) is 18.8. The highest BCUT2D eigenvalue weighted by atomic mass is 35.5. The molecule has 2 aromatic heterocycles. The predicted octanol–water partition coefficient (Wildman–Crippen LogP) is 5.64. The number of benzene rings is 2. The number of fused-ring (bicyclic) bond motifs is 1. The van der Waals surface area contributed by atoms with E-state index in [4.69, 9.17) is 11.6 Å². The van der Waals surface area contributed by atoms with Gasteiger partial charge in [0.05, 0.1) is 0 Å². The molecule has 4 rings (SSSR count). The SMILES string of the molecule is O=C(NCCc1c[nH]c2ccc(Cl)cc12)c1cccc(CCc2cccs2)c1. The summed E-state index contributed by atoms with van der Waals surface area (Å²) in [4.78, 5) is 17.2. The lowest BCUT2D eigenvalue weighted by molar-refractivity contribution is 0.0954. The maximum Gasteiger partial charge on any atom is 0.251 e. The van der Waals surface area contributed by atoms with Crippen molar-refractivity contribution in [2.45, 2.75) is 19.3 Å². The van der Waals surface area contributed by atoms with E-state index in [1.54, 1.807) is 11.3 Å². The number of thiophene rings is 1. The second-order valence-electron chi connectivity index (χ2n) is 6.79. The Morgan fingerprint density at radius 1 is 1.04 bits per heavy atom. The van der Waals surface area contributed by atoms with Crippen LogP contribution < -0.4 is 5.32 Å². The van der Waals surface area contributed by atoms with Crippen LogP contribution >= 0.6 is 22.9 Å². The number of hydrogen-bond acceptors (Lipinski definition) is 2. The smallest absolute Gasteiger partial charge is 0.251 e. The fourth-order valence-electron chi connectivity index (χ4n) is 3.36. The van der Waals surface area contributed by atoms with Crippen molar-refractivity contribution in [3.8, 4) is 0 Å². The lowest BCUT2D eigenvalue weighted by atomic mass is 10.1. The standard InChI is InChI=1S/C23H21ClN2OS/c24-19-7-9-22-21(14-19)18(15-26-22)10-11-25-23(27)17-4-1-3-16(13-17)6-8-20-5-2-12-28-20/h1-5,7,9,12-15,26H,6,8,10-11H2,(H,25,27). The third-order valence-corrected chi connectivity index (χ3v) is 6.01. The van der Waals surface area contributed by atoms with Crippen LogP contribution in [0.15, 0.2) is 66.2 Å². The van der Waals surface area contributed by atoms with Gasteiger partial charge in [0.25, 0.3) is 5.91 Å². The van der Waals surface area contributed by atoms with Crippen LogP contribution in [0.3, 0.4) is 0 Å². The van der Waals surface area contributed by atoms with Gasteiger partial charge in [-0.3, -0.25) is 4.79 Å². The molecule has 0 fully saturated rings. The number of aromatic amines is 1. The number of halogens is 1. The van der Waals surface area contributed by atoms with Crippen molar-refractivity contribution < 1.29 is 4.79 Å². The Hall–Kier alpha value is -2.56. The largest absolute Gasteiger partial charge is 0.361 e. The molecule has 0 unspecified atom stereocenters. The Labute approximate surface area is 173 Å². The molecule has 0 aliphatic carbocycles. The van der Waals surface area contributed by atoms with Crippen LogP contribution in [-0.4, -0.2) is 17.4 Å². The second-order valence-corrected chi connectivity index (χ2v) is 8.26. The summed E-state index contributed by atoms with van der Waals surface area (Å²) in [7, 11) is 0. The Bertz CT molecular complexity index is 1090. The van der Waals surface area contributed by atoms with Crippen molar-refractivity contribution in [2.24, 2.45) is 0 Å². The third-order valence-electron chi connectivity index (χ3n) is 4.84. The average Bonchev–Trinajstić information content (AvgIpc) is 3.36. The van der Waals surface area contributed by atoms with Gasteiger partial charge in [0.2, 0.25) is 0 Å². The summed E-state index contributed by atoms with van der Waals surface area (Å²) in [5.74, 6) is -0.0316. The molecule has 142 valence electrons. The van der Waals surface area contributed by atoms with Gasteiger partial charge in [-0.25, -0.2) is 0 Å². The molecule has 0 spiro atoms. The maximum absolute atomic E-state index is 12.5. The first-order valence-electron chi connectivity index (χ1n) is 9.34. The first-order chi connectivity index (χ1) is 13.7. The van der Waals surface area contributed by atoms with Gasteiger partial charge in [-0.15, -0.1) is 11.3 Å². The molecule has 2 N–H and O–H groups in total. The Kier molecular flexibility index (Phi) is 5.79. The van der Waals surface area contributed by atoms with E-state index in [2.05, 4.69) is 33.9 Å². The molecule has 0 atom stereocenters. The van der Waals surface area contributed by atoms with Gasteiger partial charge in [-0.2, -0.15) is 0 Å². The van der Waals surface area contributed by atoms with Gasteiger partial charge in [-0.1, -0.05) is 29.8 Å². The number of hydrogen-bond donors (Lipinski definition) is 2. The van der Waals surface area contributed by atoms with Crippen molar-refractivity contribution in [1.29, 1.82) is 0 Å². The van der Waals surface area contributed by atoms with Crippen LogP contribution in [0.1, 0.15) is 26.4 Å². The van der Waals surface area contributed by atoms with Crippen molar-refractivity contribution >= 4 is 39.7 Å². The molecular weight excluding hydrogens is 388 g/mol. The average molecular weight is 409 g/mol. The summed E-state index contributed by atoms with van der Waals surface area (Å²) in [6.07, 6.45) is 4.69. The van der Waals surface area contributed by atoms with E-state index >= 15 is 0 Å². The Balaban J connectivity index is 1.34. The zero-order chi connectivity index (χ0) is 19.3. The molecule has 0 radical (unpaired) electrons. The van der Waals surface area contributed by atoms with Crippen molar-refractivity contribution in [2.75, 3.05) is 6.54 Å². The number of carbonyl (C=O) groups excluding carboxylic acids is 1. The molecule has 28 heavy (non-hydrogen) atoms. The fraction of sp³-hybridized carbons (Fsp3) is 0.174. The third kappa shape index (κ3) is 4.46. The molecule has 0 aliphatic heterocycles. The molecule has 2 aromatic carbocycles. The van der Waals surface area contributed by atoms with E-state index in [0.29, 0.717) is 12.1 Å². The minimum Gasteiger partial charge on any atom is -0.361 e. The van der Waals surface area contributed by atoms with Gasteiger partial charge in [0.15, 0.2) is 0 Å². The summed E-state index contributed by atoms with van der Waals surface area (Å²) < 4.78 is 0. The topological polar surface area (TPSA) is 44.9 Å². The Morgan fingerprint density at radius 2 is 1.96 bits per heavy atom. The van der Waals surface area contributed by atoms with Crippen LogP contribution in [-0.2, 0) is 19.3 Å². The lowest BCUT2D eigenvalue weighted by Gasteiger charge is -2.07. The molecular formula is C23H21ClN2OS. The summed E-state index contributed by atoms with van der Waals surface area (Å²) in [5.41, 5.74) is 4.12. The molecule has 4 aromatic rings. The monoisotopic (exact) mass is 408 g/mol. The van der Waals surface area contributed by atoms with Crippen LogP contribution in [0.2, 0.25) is 5.02 Å². The van der Waals surface area contributed by atoms with E-state index in [-0.39, 0.29) is 5.91 Å². The first-order valence-corrected chi connectivity index (χ1v) is 10.6. The summed E-state index contributed by atoms with van der Waals surface area (Å²) in [6.45, 7) is 0.581. The van der Waals surface area contributed by atoms with E-state index in [1.807, 2.05) is 42.6 Å². The van der Waals surface area contributed by atoms with Gasteiger partial charge in [0, 0.05) is 39.1 Å². The van der Waals surface area contributed by atoms with E-state index in [9.17, 15) is 4.79 Å². The van der Waals surface area contributed by atoms with Crippen LogP contribution in [0, 0.1) is 0 Å². The second kappa shape index (κ2) is 8.63. The number of H-pyrrole nitrogens is 1. The number of aromatic nitrogens is 1. The Morgan fingerprint density at radius 3 is 2.82 bits per heavy atom. The number of nitrogens with one attached hydrogen (secondary N) is 2. The molecule has 5 heteroatoms.